The lowest BCUT2D eigenvalue weighted by Crippen LogP contribution is -2.26. The Hall–Kier alpha value is -1.60. The molecule has 0 aromatic heterocycles. The predicted molar refractivity (Wildman–Crippen MR) is 98.7 cm³/mol. The second-order valence-electron chi connectivity index (χ2n) is 5.75. The highest BCUT2D eigenvalue weighted by atomic mass is 35.5. The van der Waals surface area contributed by atoms with Gasteiger partial charge in [-0.25, -0.2) is 13.1 Å². The molecule has 0 aliphatic carbocycles. The molecule has 25 heavy (non-hydrogen) atoms. The molecule has 0 atom stereocenters. The standard InChI is InChI=1S/C17H16Cl2N2O3S/c18-13-3-1-11(15(19)10-13)7-8-20-25(23,24)14-4-5-16-12(9-14)2-6-17(22)21-16/h1,3-5,9-10,20H,2,6-8H2,(H,21,22). The van der Waals surface area contributed by atoms with Gasteiger partial charge in [-0.05, 0) is 54.3 Å². The topological polar surface area (TPSA) is 75.3 Å². The first-order chi connectivity index (χ1) is 11.8. The van der Waals surface area contributed by atoms with Crippen LogP contribution in [-0.2, 0) is 27.7 Å². The molecule has 1 aliphatic rings. The largest absolute Gasteiger partial charge is 0.326 e. The van der Waals surface area contributed by atoms with E-state index in [-0.39, 0.29) is 17.3 Å². The minimum absolute atomic E-state index is 0.0546. The number of carbonyl (C=O) groups is 1. The average molecular weight is 399 g/mol. The normalized spacial score (nSPS) is 14.1. The number of sulfonamides is 1. The highest BCUT2D eigenvalue weighted by Gasteiger charge is 2.19. The van der Waals surface area contributed by atoms with E-state index in [9.17, 15) is 13.2 Å². The monoisotopic (exact) mass is 398 g/mol. The summed E-state index contributed by atoms with van der Waals surface area (Å²) < 4.78 is 27.5. The molecule has 0 bridgehead atoms. The molecular formula is C17H16Cl2N2O3S. The molecular weight excluding hydrogens is 383 g/mol. The molecule has 2 aromatic rings. The number of anilines is 1. The van der Waals surface area contributed by atoms with E-state index >= 15 is 0 Å². The van der Waals surface area contributed by atoms with Gasteiger partial charge in [0.1, 0.15) is 0 Å². The van der Waals surface area contributed by atoms with Crippen LogP contribution in [0.2, 0.25) is 10.0 Å². The molecule has 5 nitrogen and oxygen atoms in total. The summed E-state index contributed by atoms with van der Waals surface area (Å²) in [4.78, 5) is 11.6. The van der Waals surface area contributed by atoms with Gasteiger partial charge in [0.25, 0.3) is 0 Å². The lowest BCUT2D eigenvalue weighted by molar-refractivity contribution is -0.116. The molecule has 132 valence electrons. The van der Waals surface area contributed by atoms with Crippen molar-refractivity contribution in [1.29, 1.82) is 0 Å². The van der Waals surface area contributed by atoms with Crippen molar-refractivity contribution in [3.05, 3.63) is 57.6 Å². The van der Waals surface area contributed by atoms with Crippen LogP contribution in [0.4, 0.5) is 5.69 Å². The highest BCUT2D eigenvalue weighted by Crippen LogP contribution is 2.25. The summed E-state index contributed by atoms with van der Waals surface area (Å²) in [5.41, 5.74) is 2.31. The molecule has 0 fully saturated rings. The van der Waals surface area contributed by atoms with Crippen molar-refractivity contribution in [2.75, 3.05) is 11.9 Å². The molecule has 3 rings (SSSR count). The summed E-state index contributed by atoms with van der Waals surface area (Å²) in [6.45, 7) is 0.220. The number of halogens is 2. The van der Waals surface area contributed by atoms with Gasteiger partial charge in [-0.1, -0.05) is 29.3 Å². The van der Waals surface area contributed by atoms with Crippen molar-refractivity contribution >= 4 is 44.8 Å². The van der Waals surface area contributed by atoms with Crippen molar-refractivity contribution in [2.45, 2.75) is 24.2 Å². The molecule has 2 aromatic carbocycles. The SMILES string of the molecule is O=C1CCc2cc(S(=O)(=O)NCCc3ccc(Cl)cc3Cl)ccc2N1. The molecule has 8 heteroatoms. The first kappa shape index (κ1) is 18.2. The number of hydrogen-bond acceptors (Lipinski definition) is 3. The first-order valence-electron chi connectivity index (χ1n) is 7.71. The van der Waals surface area contributed by atoms with Gasteiger partial charge in [0.05, 0.1) is 4.90 Å². The zero-order valence-electron chi connectivity index (χ0n) is 13.2. The molecule has 1 aliphatic heterocycles. The number of rotatable bonds is 5. The summed E-state index contributed by atoms with van der Waals surface area (Å²) >= 11 is 11.9. The van der Waals surface area contributed by atoms with E-state index in [1.807, 2.05) is 0 Å². The maximum absolute atomic E-state index is 12.5. The van der Waals surface area contributed by atoms with Crippen LogP contribution in [0.1, 0.15) is 17.5 Å². The van der Waals surface area contributed by atoms with Crippen molar-refractivity contribution in [1.82, 2.24) is 4.72 Å². The number of nitrogens with one attached hydrogen (secondary N) is 2. The zero-order chi connectivity index (χ0) is 18.0. The Morgan fingerprint density at radius 1 is 1.08 bits per heavy atom. The Balaban J connectivity index is 1.69. The molecule has 0 saturated carbocycles. The van der Waals surface area contributed by atoms with Gasteiger partial charge in [0.2, 0.25) is 15.9 Å². The Labute approximate surface area is 156 Å². The van der Waals surface area contributed by atoms with Gasteiger partial charge in [-0.15, -0.1) is 0 Å². The van der Waals surface area contributed by atoms with Crippen molar-refractivity contribution < 1.29 is 13.2 Å². The number of aryl methyl sites for hydroxylation is 1. The van der Waals surface area contributed by atoms with Crippen LogP contribution >= 0.6 is 23.2 Å². The smallest absolute Gasteiger partial charge is 0.240 e. The predicted octanol–water partition coefficient (Wildman–Crippen LogP) is 3.40. The maximum atomic E-state index is 12.5. The van der Waals surface area contributed by atoms with Gasteiger partial charge < -0.3 is 5.32 Å². The van der Waals surface area contributed by atoms with Crippen LogP contribution in [0.5, 0.6) is 0 Å². The Morgan fingerprint density at radius 3 is 2.64 bits per heavy atom. The van der Waals surface area contributed by atoms with Crippen LogP contribution in [0.25, 0.3) is 0 Å². The fraction of sp³-hybridized carbons (Fsp3) is 0.235. The quantitative estimate of drug-likeness (QED) is 0.809. The number of benzene rings is 2. The second kappa shape index (κ2) is 7.33. The molecule has 0 radical (unpaired) electrons. The van der Waals surface area contributed by atoms with E-state index in [0.717, 1.165) is 11.1 Å². The lowest BCUT2D eigenvalue weighted by Gasteiger charge is -2.17. The van der Waals surface area contributed by atoms with Crippen molar-refractivity contribution in [3.8, 4) is 0 Å². The molecule has 1 heterocycles. The maximum Gasteiger partial charge on any atom is 0.240 e. The Bertz CT molecular complexity index is 929. The van der Waals surface area contributed by atoms with E-state index in [0.29, 0.717) is 35.0 Å². The number of hydrogen-bond donors (Lipinski definition) is 2. The number of fused-ring (bicyclic) bond motifs is 1. The van der Waals surface area contributed by atoms with Crippen molar-refractivity contribution in [3.63, 3.8) is 0 Å². The van der Waals surface area contributed by atoms with Crippen LogP contribution in [-0.4, -0.2) is 20.9 Å². The summed E-state index contributed by atoms with van der Waals surface area (Å²) in [6, 6.07) is 9.84. The molecule has 2 N–H and O–H groups in total. The molecule has 0 unspecified atom stereocenters. The third kappa shape index (κ3) is 4.33. The Kier molecular flexibility index (Phi) is 5.34. The van der Waals surface area contributed by atoms with Crippen LogP contribution < -0.4 is 10.0 Å². The zero-order valence-corrected chi connectivity index (χ0v) is 15.5. The van der Waals surface area contributed by atoms with Crippen LogP contribution in [0.15, 0.2) is 41.3 Å². The van der Waals surface area contributed by atoms with Gasteiger partial charge in [0, 0.05) is 28.7 Å². The van der Waals surface area contributed by atoms with E-state index in [4.69, 9.17) is 23.2 Å². The fourth-order valence-corrected chi connectivity index (χ4v) is 4.24. The van der Waals surface area contributed by atoms with E-state index in [2.05, 4.69) is 10.0 Å². The van der Waals surface area contributed by atoms with Gasteiger partial charge in [0.15, 0.2) is 0 Å². The van der Waals surface area contributed by atoms with Gasteiger partial charge >= 0.3 is 0 Å². The summed E-state index contributed by atoms with van der Waals surface area (Å²) in [7, 11) is -3.63. The van der Waals surface area contributed by atoms with Gasteiger partial charge in [-0.3, -0.25) is 4.79 Å². The minimum atomic E-state index is -3.63. The minimum Gasteiger partial charge on any atom is -0.326 e. The molecule has 0 spiro atoms. The van der Waals surface area contributed by atoms with E-state index in [1.165, 1.54) is 6.07 Å². The number of carbonyl (C=O) groups excluding carboxylic acids is 1. The molecule has 0 saturated heterocycles. The number of amides is 1. The summed E-state index contributed by atoms with van der Waals surface area (Å²) in [5.74, 6) is -0.0546. The van der Waals surface area contributed by atoms with Crippen LogP contribution in [0.3, 0.4) is 0 Å². The lowest BCUT2D eigenvalue weighted by atomic mass is 10.0. The van der Waals surface area contributed by atoms with Gasteiger partial charge in [-0.2, -0.15) is 0 Å². The third-order valence-electron chi connectivity index (χ3n) is 3.98. The van der Waals surface area contributed by atoms with Crippen molar-refractivity contribution in [2.24, 2.45) is 0 Å². The van der Waals surface area contributed by atoms with E-state index < -0.39 is 10.0 Å². The fourth-order valence-electron chi connectivity index (χ4n) is 2.65. The van der Waals surface area contributed by atoms with Crippen LogP contribution in [0, 0.1) is 0 Å². The second-order valence-corrected chi connectivity index (χ2v) is 8.36. The Morgan fingerprint density at radius 2 is 1.88 bits per heavy atom. The van der Waals surface area contributed by atoms with E-state index in [1.54, 1.807) is 30.3 Å². The summed E-state index contributed by atoms with van der Waals surface area (Å²) in [6.07, 6.45) is 1.35. The highest BCUT2D eigenvalue weighted by molar-refractivity contribution is 7.89. The first-order valence-corrected chi connectivity index (χ1v) is 9.95. The summed E-state index contributed by atoms with van der Waals surface area (Å²) in [5, 5.41) is 3.78. The third-order valence-corrected chi connectivity index (χ3v) is 6.03. The molecule has 1 amide bonds. The average Bonchev–Trinajstić information content (AvgIpc) is 2.56.